The fourth-order valence-corrected chi connectivity index (χ4v) is 1.15. The molecule has 0 aliphatic carbocycles. The zero-order valence-corrected chi connectivity index (χ0v) is 7.74. The molecule has 0 aromatic heterocycles. The van der Waals surface area contributed by atoms with Gasteiger partial charge in [-0.3, -0.25) is 0 Å². The molecule has 1 aliphatic heterocycles. The first-order valence-electron chi connectivity index (χ1n) is 4.28. The maximum Gasteiger partial charge on any atom is 0.407 e. The van der Waals surface area contributed by atoms with E-state index in [0.29, 0.717) is 5.57 Å². The maximum atomic E-state index is 12.9. The third-order valence-electron chi connectivity index (χ3n) is 1.89. The number of carbonyl (C=O) groups is 1. The van der Waals surface area contributed by atoms with Gasteiger partial charge in [0.05, 0.1) is 0 Å². The van der Waals surface area contributed by atoms with Crippen molar-refractivity contribution in [2.24, 2.45) is 0 Å². The van der Waals surface area contributed by atoms with E-state index in [1.807, 2.05) is 0 Å². The van der Waals surface area contributed by atoms with Gasteiger partial charge in [-0.05, 0) is 11.6 Å². The van der Waals surface area contributed by atoms with Gasteiger partial charge >= 0.3 is 6.09 Å². The number of nitrogens with zero attached hydrogens (tertiary/aromatic N) is 1. The van der Waals surface area contributed by atoms with E-state index < -0.39 is 6.09 Å². The third kappa shape index (κ3) is 3.05. The zero-order valence-electron chi connectivity index (χ0n) is 7.74. The van der Waals surface area contributed by atoms with Gasteiger partial charge in [-0.1, -0.05) is 18.7 Å². The lowest BCUT2D eigenvalue weighted by atomic mass is 10.2. The van der Waals surface area contributed by atoms with Crippen LogP contribution in [0.3, 0.4) is 0 Å². The van der Waals surface area contributed by atoms with Gasteiger partial charge in [-0.25, -0.2) is 9.18 Å². The van der Waals surface area contributed by atoms with Crippen LogP contribution in [0.25, 0.3) is 0 Å². The molecule has 0 saturated heterocycles. The Kier molecular flexibility index (Phi) is 3.45. The molecule has 1 aliphatic rings. The maximum absolute atomic E-state index is 12.9. The van der Waals surface area contributed by atoms with E-state index in [0.717, 1.165) is 4.90 Å². The molecule has 0 atom stereocenters. The molecular weight excluding hydrogens is 185 g/mol. The van der Waals surface area contributed by atoms with Crippen molar-refractivity contribution in [3.05, 3.63) is 36.2 Å². The molecule has 0 unspecified atom stereocenters. The molecule has 1 N–H and O–H groups in total. The summed E-state index contributed by atoms with van der Waals surface area (Å²) in [6.07, 6.45) is 3.55. The van der Waals surface area contributed by atoms with Crippen LogP contribution in [-0.2, 0) is 0 Å². The minimum Gasteiger partial charge on any atom is -0.465 e. The summed E-state index contributed by atoms with van der Waals surface area (Å²) in [5.41, 5.74) is 0.651. The molecule has 1 heterocycles. The molecule has 3 nitrogen and oxygen atoms in total. The Hall–Kier alpha value is -1.58. The van der Waals surface area contributed by atoms with Crippen LogP contribution in [0.15, 0.2) is 36.2 Å². The van der Waals surface area contributed by atoms with E-state index in [4.69, 9.17) is 5.11 Å². The quantitative estimate of drug-likeness (QED) is 0.647. The molecule has 0 aromatic rings. The van der Waals surface area contributed by atoms with Crippen molar-refractivity contribution in [2.75, 3.05) is 13.1 Å². The van der Waals surface area contributed by atoms with Crippen molar-refractivity contribution >= 4 is 6.09 Å². The minimum absolute atomic E-state index is 0.115. The van der Waals surface area contributed by atoms with E-state index in [1.54, 1.807) is 12.2 Å². The standard InChI is InChI=1S/C10H12FNO2/c1-8-3-2-4-9(11)5-6-12(7-8)10(13)14/h2-4H,1,5-7H2,(H,13,14)/b3-2-,9-4+. The highest BCUT2D eigenvalue weighted by Gasteiger charge is 2.13. The normalized spacial score (nSPS) is 24.2. The van der Waals surface area contributed by atoms with Crippen molar-refractivity contribution < 1.29 is 14.3 Å². The summed E-state index contributed by atoms with van der Waals surface area (Å²) in [6.45, 7) is 4.07. The Labute approximate surface area is 81.8 Å². The molecule has 1 rings (SSSR count). The minimum atomic E-state index is -1.05. The van der Waals surface area contributed by atoms with Crippen LogP contribution in [0.1, 0.15) is 6.42 Å². The predicted molar refractivity (Wildman–Crippen MR) is 51.7 cm³/mol. The SMILES string of the molecule is C=C1/C=C\C=C(\F)CCN(C(=O)O)C1. The van der Waals surface area contributed by atoms with Crippen LogP contribution in [0, 0.1) is 0 Å². The number of hydrogen-bond donors (Lipinski definition) is 1. The van der Waals surface area contributed by atoms with Crippen molar-refractivity contribution in [3.8, 4) is 0 Å². The van der Waals surface area contributed by atoms with Crippen molar-refractivity contribution in [1.29, 1.82) is 0 Å². The average Bonchev–Trinajstić information content (AvgIpc) is 2.17. The van der Waals surface area contributed by atoms with Crippen molar-refractivity contribution in [1.82, 2.24) is 4.90 Å². The highest BCUT2D eigenvalue weighted by Crippen LogP contribution is 2.10. The molecule has 76 valence electrons. The first-order chi connectivity index (χ1) is 6.59. The summed E-state index contributed by atoms with van der Waals surface area (Å²) in [4.78, 5) is 11.8. The van der Waals surface area contributed by atoms with E-state index in [-0.39, 0.29) is 25.3 Å². The van der Waals surface area contributed by atoms with Crippen LogP contribution < -0.4 is 0 Å². The number of amides is 1. The second-order valence-corrected chi connectivity index (χ2v) is 3.09. The van der Waals surface area contributed by atoms with E-state index in [9.17, 15) is 9.18 Å². The molecule has 4 heteroatoms. The van der Waals surface area contributed by atoms with Crippen LogP contribution in [0.4, 0.5) is 9.18 Å². The molecule has 0 aromatic carbocycles. The first kappa shape index (κ1) is 10.5. The van der Waals surface area contributed by atoms with E-state index in [1.165, 1.54) is 6.08 Å². The number of carboxylic acid groups (broad SMARTS) is 1. The van der Waals surface area contributed by atoms with E-state index in [2.05, 4.69) is 6.58 Å². The Bertz CT molecular complexity index is 307. The molecule has 0 spiro atoms. The fraction of sp³-hybridized carbons (Fsp3) is 0.300. The summed E-state index contributed by atoms with van der Waals surface area (Å²) in [5.74, 6) is -0.317. The van der Waals surface area contributed by atoms with Crippen molar-refractivity contribution in [2.45, 2.75) is 6.42 Å². The smallest absolute Gasteiger partial charge is 0.407 e. The van der Waals surface area contributed by atoms with Gasteiger partial charge in [0.25, 0.3) is 0 Å². The highest BCUT2D eigenvalue weighted by molar-refractivity contribution is 5.65. The largest absolute Gasteiger partial charge is 0.465 e. The number of rotatable bonds is 0. The monoisotopic (exact) mass is 197 g/mol. The van der Waals surface area contributed by atoms with Crippen LogP contribution >= 0.6 is 0 Å². The molecule has 0 fully saturated rings. The molecular formula is C10H12FNO2. The second kappa shape index (κ2) is 4.60. The predicted octanol–water partition coefficient (Wildman–Crippen LogP) is 2.34. The van der Waals surface area contributed by atoms with Gasteiger partial charge in [0.15, 0.2) is 0 Å². The van der Waals surface area contributed by atoms with Crippen LogP contribution in [-0.4, -0.2) is 29.2 Å². The summed E-state index contributed by atoms with van der Waals surface area (Å²) in [6, 6.07) is 0. The van der Waals surface area contributed by atoms with E-state index >= 15 is 0 Å². The summed E-state index contributed by atoms with van der Waals surface area (Å²) in [7, 11) is 0. The summed E-state index contributed by atoms with van der Waals surface area (Å²) in [5, 5.41) is 8.77. The molecule has 0 saturated carbocycles. The molecule has 14 heavy (non-hydrogen) atoms. The van der Waals surface area contributed by atoms with Gasteiger partial charge in [0.1, 0.15) is 5.83 Å². The molecule has 1 amide bonds. The summed E-state index contributed by atoms with van der Waals surface area (Å²) >= 11 is 0. The second-order valence-electron chi connectivity index (χ2n) is 3.09. The molecule has 0 bridgehead atoms. The number of halogens is 1. The van der Waals surface area contributed by atoms with Crippen molar-refractivity contribution in [3.63, 3.8) is 0 Å². The van der Waals surface area contributed by atoms with Gasteiger partial charge in [0, 0.05) is 19.5 Å². The fourth-order valence-electron chi connectivity index (χ4n) is 1.15. The Balaban J connectivity index is 2.76. The van der Waals surface area contributed by atoms with Gasteiger partial charge in [-0.15, -0.1) is 0 Å². The first-order valence-corrected chi connectivity index (χ1v) is 4.28. The highest BCUT2D eigenvalue weighted by atomic mass is 19.1. The van der Waals surface area contributed by atoms with Gasteiger partial charge in [-0.2, -0.15) is 0 Å². The Morgan fingerprint density at radius 3 is 3.00 bits per heavy atom. The molecule has 0 radical (unpaired) electrons. The lowest BCUT2D eigenvalue weighted by molar-refractivity contribution is 0.149. The van der Waals surface area contributed by atoms with Crippen LogP contribution in [0.2, 0.25) is 0 Å². The average molecular weight is 197 g/mol. The van der Waals surface area contributed by atoms with Gasteiger partial charge in [0.2, 0.25) is 0 Å². The number of hydrogen-bond acceptors (Lipinski definition) is 1. The topological polar surface area (TPSA) is 40.5 Å². The lowest BCUT2D eigenvalue weighted by Crippen LogP contribution is -2.31. The van der Waals surface area contributed by atoms with Crippen LogP contribution in [0.5, 0.6) is 0 Å². The number of allylic oxidation sites excluding steroid dienone is 2. The lowest BCUT2D eigenvalue weighted by Gasteiger charge is -2.18. The Morgan fingerprint density at radius 1 is 1.64 bits per heavy atom. The summed E-state index contributed by atoms with van der Waals surface area (Å²) < 4.78 is 12.9. The third-order valence-corrected chi connectivity index (χ3v) is 1.89. The zero-order chi connectivity index (χ0) is 10.6. The van der Waals surface area contributed by atoms with Gasteiger partial charge < -0.3 is 10.0 Å². The Morgan fingerprint density at radius 2 is 2.36 bits per heavy atom.